The molecular weight excluding hydrogens is 829 g/mol. The molecule has 0 N–H and O–H groups in total. The van der Waals surface area contributed by atoms with Crippen LogP contribution in [0.5, 0.6) is 0 Å². The topological polar surface area (TPSA) is 55.4 Å². The summed E-state index contributed by atoms with van der Waals surface area (Å²) >= 11 is 0. The third-order valence-electron chi connectivity index (χ3n) is 18.0. The first-order valence-electron chi connectivity index (χ1n) is 26.6. The Hall–Kier alpha value is -3.36. The first-order chi connectivity index (χ1) is 32.7. The predicted octanol–water partition coefficient (Wildman–Crippen LogP) is 14.2. The summed E-state index contributed by atoms with van der Waals surface area (Å²) in [6.07, 6.45) is 13.3. The quantitative estimate of drug-likeness (QED) is 0.0824. The molecular formula is C61H82O6. The molecule has 0 amide bonds. The minimum atomic E-state index is -0.662. The molecule has 0 radical (unpaired) electrons. The molecule has 4 aliphatic carbocycles. The van der Waals surface area contributed by atoms with Crippen LogP contribution in [0.3, 0.4) is 0 Å². The molecule has 4 aromatic rings. The van der Waals surface area contributed by atoms with Crippen molar-refractivity contribution in [2.45, 2.75) is 175 Å². The molecule has 5 aliphatic rings. The van der Waals surface area contributed by atoms with Crippen molar-refractivity contribution in [3.05, 3.63) is 144 Å². The first-order valence-corrected chi connectivity index (χ1v) is 26.6. The zero-order valence-electron chi connectivity index (χ0n) is 41.5. The summed E-state index contributed by atoms with van der Waals surface area (Å²) in [5.74, 6) is 5.77. The van der Waals surface area contributed by atoms with E-state index in [4.69, 9.17) is 28.4 Å². The van der Waals surface area contributed by atoms with E-state index in [9.17, 15) is 0 Å². The molecule has 1 unspecified atom stereocenters. The Bertz CT molecular complexity index is 2060. The van der Waals surface area contributed by atoms with Crippen molar-refractivity contribution >= 4 is 0 Å². The number of ether oxygens (including phenoxy) is 6. The fraction of sp³-hybridized carbons (Fsp3) is 0.607. The van der Waals surface area contributed by atoms with Crippen LogP contribution in [-0.4, -0.2) is 43.4 Å². The number of fused-ring (bicyclic) bond motifs is 5. The summed E-state index contributed by atoms with van der Waals surface area (Å²) in [6, 6.07) is 41.6. The summed E-state index contributed by atoms with van der Waals surface area (Å²) in [5, 5.41) is 0. The van der Waals surface area contributed by atoms with E-state index in [2.05, 4.69) is 138 Å². The largest absolute Gasteiger partial charge is 0.374 e. The molecule has 6 nitrogen and oxygen atoms in total. The Morgan fingerprint density at radius 3 is 1.69 bits per heavy atom. The second kappa shape index (κ2) is 22.6. The summed E-state index contributed by atoms with van der Waals surface area (Å²) < 4.78 is 42.2. The van der Waals surface area contributed by atoms with Gasteiger partial charge in [0.05, 0.1) is 39.1 Å². The summed E-state index contributed by atoms with van der Waals surface area (Å²) in [7, 11) is 0. The normalized spacial score (nSPS) is 34.3. The Kier molecular flexibility index (Phi) is 16.4. The highest BCUT2D eigenvalue weighted by Gasteiger charge is 2.61. The summed E-state index contributed by atoms with van der Waals surface area (Å²) in [6.45, 7) is 14.8. The van der Waals surface area contributed by atoms with E-state index < -0.39 is 30.7 Å². The molecule has 362 valence electrons. The van der Waals surface area contributed by atoms with Crippen molar-refractivity contribution in [3.63, 3.8) is 0 Å². The van der Waals surface area contributed by atoms with E-state index in [1.165, 1.54) is 64.2 Å². The zero-order chi connectivity index (χ0) is 46.2. The number of rotatable bonds is 20. The molecule has 67 heavy (non-hydrogen) atoms. The molecule has 14 atom stereocenters. The molecule has 0 bridgehead atoms. The molecule has 1 aliphatic heterocycles. The van der Waals surface area contributed by atoms with Crippen molar-refractivity contribution in [2.24, 2.45) is 52.3 Å². The predicted molar refractivity (Wildman–Crippen MR) is 268 cm³/mol. The van der Waals surface area contributed by atoms with Crippen LogP contribution in [0.25, 0.3) is 0 Å². The van der Waals surface area contributed by atoms with Crippen LogP contribution in [0.4, 0.5) is 0 Å². The van der Waals surface area contributed by atoms with Crippen LogP contribution in [0.1, 0.15) is 134 Å². The van der Waals surface area contributed by atoms with Gasteiger partial charge in [0.1, 0.15) is 24.4 Å². The molecule has 4 aromatic carbocycles. The van der Waals surface area contributed by atoms with Gasteiger partial charge in [0.25, 0.3) is 0 Å². The molecule has 0 aromatic heterocycles. The van der Waals surface area contributed by atoms with Gasteiger partial charge in [0, 0.05) is 0 Å². The van der Waals surface area contributed by atoms with Gasteiger partial charge < -0.3 is 28.4 Å². The second-order valence-electron chi connectivity index (χ2n) is 22.5. The van der Waals surface area contributed by atoms with Crippen LogP contribution >= 0.6 is 0 Å². The monoisotopic (exact) mass is 911 g/mol. The van der Waals surface area contributed by atoms with Gasteiger partial charge in [-0.25, -0.2) is 0 Å². The van der Waals surface area contributed by atoms with Crippen molar-refractivity contribution in [1.82, 2.24) is 0 Å². The van der Waals surface area contributed by atoms with Crippen LogP contribution in [-0.2, 0) is 54.8 Å². The highest BCUT2D eigenvalue weighted by molar-refractivity contribution is 5.17. The Morgan fingerprint density at radius 2 is 1.09 bits per heavy atom. The second-order valence-corrected chi connectivity index (χ2v) is 22.5. The molecule has 1 saturated heterocycles. The van der Waals surface area contributed by atoms with Gasteiger partial charge in [-0.15, -0.1) is 0 Å². The molecule has 4 saturated carbocycles. The average molecular weight is 911 g/mol. The maximum Gasteiger partial charge on any atom is 0.187 e. The SMILES string of the molecule is CC(C)CCC[C@@H](C)[C@H]1CC[C@H]2[C@@H]3CCC4C[C@@H](O[C@H]5O[C@H](COCc6ccccc6)[C@@H](OCc6ccccc6)[C@H](OCc6ccccc6)[C@@H]5OCc5ccccc5)CC[C@]4(C)[C@H]3CC[C@]12C. The lowest BCUT2D eigenvalue weighted by atomic mass is 9.44. The first kappa shape index (κ1) is 48.7. The van der Waals surface area contributed by atoms with Gasteiger partial charge in [0.15, 0.2) is 6.29 Å². The van der Waals surface area contributed by atoms with E-state index in [1.54, 1.807) is 0 Å². The summed E-state index contributed by atoms with van der Waals surface area (Å²) in [4.78, 5) is 0. The highest BCUT2D eigenvalue weighted by atomic mass is 16.7. The van der Waals surface area contributed by atoms with Crippen molar-refractivity contribution < 1.29 is 28.4 Å². The minimum Gasteiger partial charge on any atom is -0.374 e. The number of hydrogen-bond acceptors (Lipinski definition) is 6. The van der Waals surface area contributed by atoms with E-state index in [1.807, 2.05) is 18.2 Å². The van der Waals surface area contributed by atoms with Gasteiger partial charge >= 0.3 is 0 Å². The smallest absolute Gasteiger partial charge is 0.187 e. The average Bonchev–Trinajstić information content (AvgIpc) is 3.71. The lowest BCUT2D eigenvalue weighted by Crippen LogP contribution is -2.62. The van der Waals surface area contributed by atoms with Crippen LogP contribution in [0, 0.1) is 52.3 Å². The van der Waals surface area contributed by atoms with E-state index in [0.29, 0.717) is 49.8 Å². The Morgan fingerprint density at radius 1 is 0.552 bits per heavy atom. The minimum absolute atomic E-state index is 0.0707. The fourth-order valence-corrected chi connectivity index (χ4v) is 14.4. The number of benzene rings is 4. The van der Waals surface area contributed by atoms with Crippen molar-refractivity contribution in [3.8, 4) is 0 Å². The van der Waals surface area contributed by atoms with Crippen molar-refractivity contribution in [1.29, 1.82) is 0 Å². The van der Waals surface area contributed by atoms with Crippen LogP contribution in [0.15, 0.2) is 121 Å². The lowest BCUT2D eigenvalue weighted by molar-refractivity contribution is -0.340. The molecule has 1 heterocycles. The zero-order valence-corrected chi connectivity index (χ0v) is 41.5. The van der Waals surface area contributed by atoms with Crippen LogP contribution in [0.2, 0.25) is 0 Å². The highest BCUT2D eigenvalue weighted by Crippen LogP contribution is 2.68. The fourth-order valence-electron chi connectivity index (χ4n) is 14.4. The third-order valence-corrected chi connectivity index (χ3v) is 18.0. The Labute approximate surface area is 404 Å². The third kappa shape index (κ3) is 11.5. The summed E-state index contributed by atoms with van der Waals surface area (Å²) in [5.41, 5.74) is 5.28. The Balaban J connectivity index is 0.946. The number of hydrogen-bond donors (Lipinski definition) is 0. The molecule has 5 fully saturated rings. The lowest BCUT2D eigenvalue weighted by Gasteiger charge is -2.61. The van der Waals surface area contributed by atoms with Gasteiger partial charge in [-0.2, -0.15) is 0 Å². The van der Waals surface area contributed by atoms with Gasteiger partial charge in [-0.05, 0) is 132 Å². The standard InChI is InChI=1S/C61H82O6/c1-43(2)19-18-20-44(3)52-31-32-53-51-30-29-49-37-50(33-35-60(49,4)54(51)34-36-61(52,53)5)66-59-58(65-41-48-27-16-9-17-28-48)57(64-40-47-25-14-8-15-26-47)56(63-39-46-23-12-7-13-24-46)55(67-59)42-62-38-45-21-10-6-11-22-45/h6-17,21-28,43-44,49-59H,18-20,29-42H2,1-5H3/t44-,49?,50+,51+,52-,53+,54+,55-,56-,57+,58+,59+,60+,61-/m1/s1. The van der Waals surface area contributed by atoms with Crippen molar-refractivity contribution in [2.75, 3.05) is 6.61 Å². The van der Waals surface area contributed by atoms with Gasteiger partial charge in [-0.1, -0.05) is 175 Å². The van der Waals surface area contributed by atoms with Gasteiger partial charge in [-0.3, -0.25) is 0 Å². The molecule has 0 spiro atoms. The van der Waals surface area contributed by atoms with E-state index >= 15 is 0 Å². The van der Waals surface area contributed by atoms with Crippen LogP contribution < -0.4 is 0 Å². The maximum atomic E-state index is 7.39. The maximum absolute atomic E-state index is 7.39. The van der Waals surface area contributed by atoms with E-state index in [0.717, 1.165) is 70.6 Å². The molecule has 9 rings (SSSR count). The van der Waals surface area contributed by atoms with E-state index in [-0.39, 0.29) is 6.10 Å². The molecule has 6 heteroatoms. The van der Waals surface area contributed by atoms with Gasteiger partial charge in [0.2, 0.25) is 0 Å².